The molecule has 0 spiro atoms. The van der Waals surface area contributed by atoms with Gasteiger partial charge in [-0.2, -0.15) is 0 Å². The lowest BCUT2D eigenvalue weighted by Crippen LogP contribution is -2.33. The number of carbonyl (C=O) groups is 2. The van der Waals surface area contributed by atoms with Gasteiger partial charge in [0.05, 0.1) is 17.6 Å². The zero-order valence-corrected chi connectivity index (χ0v) is 14.9. The van der Waals surface area contributed by atoms with Gasteiger partial charge in [0, 0.05) is 18.0 Å². The van der Waals surface area contributed by atoms with Gasteiger partial charge in [0.25, 0.3) is 5.91 Å². The average molecular weight is 359 g/mol. The van der Waals surface area contributed by atoms with E-state index in [0.717, 1.165) is 11.4 Å². The molecule has 1 fully saturated rings. The topological polar surface area (TPSA) is 70.8 Å². The van der Waals surface area contributed by atoms with Crippen LogP contribution >= 0.6 is 11.8 Å². The molecule has 1 amide bonds. The van der Waals surface area contributed by atoms with E-state index in [1.54, 1.807) is 0 Å². The Morgan fingerprint density at radius 2 is 2.00 bits per heavy atom. The van der Waals surface area contributed by atoms with Gasteiger partial charge >= 0.3 is 5.97 Å². The molecule has 1 aliphatic carbocycles. The molecule has 1 heterocycles. The quantitative estimate of drug-likeness (QED) is 0.717. The number of rotatable bonds is 8. The Morgan fingerprint density at radius 3 is 2.68 bits per heavy atom. The van der Waals surface area contributed by atoms with E-state index in [1.165, 1.54) is 36.9 Å². The van der Waals surface area contributed by atoms with Gasteiger partial charge in [0.15, 0.2) is 0 Å². The van der Waals surface area contributed by atoms with Gasteiger partial charge in [-0.3, -0.25) is 4.79 Å². The Bertz CT molecular complexity index is 766. The van der Waals surface area contributed by atoms with Crippen LogP contribution in [0.15, 0.2) is 45.9 Å². The first-order valence-corrected chi connectivity index (χ1v) is 9.39. The van der Waals surface area contributed by atoms with Crippen molar-refractivity contribution in [2.45, 2.75) is 30.4 Å². The van der Waals surface area contributed by atoms with Crippen molar-refractivity contribution < 1.29 is 19.1 Å². The number of aromatic carboxylic acids is 1. The molecule has 1 aromatic carbocycles. The summed E-state index contributed by atoms with van der Waals surface area (Å²) in [7, 11) is 0. The van der Waals surface area contributed by atoms with Gasteiger partial charge in [0.1, 0.15) is 11.3 Å². The molecule has 0 atom stereocenters. The smallest absolute Gasteiger partial charge is 0.339 e. The second-order valence-electron chi connectivity index (χ2n) is 6.13. The van der Waals surface area contributed by atoms with Crippen LogP contribution in [-0.2, 0) is 5.75 Å². The van der Waals surface area contributed by atoms with Crippen LogP contribution in [0.5, 0.6) is 0 Å². The van der Waals surface area contributed by atoms with E-state index in [2.05, 4.69) is 0 Å². The number of carbonyl (C=O) groups excluding carboxylic acids is 1. The Balaban J connectivity index is 1.74. The second kappa shape index (κ2) is 7.78. The van der Waals surface area contributed by atoms with Crippen LogP contribution in [0, 0.1) is 5.92 Å². The molecule has 1 aliphatic rings. The molecule has 0 unspecified atom stereocenters. The van der Waals surface area contributed by atoms with Crippen molar-refractivity contribution in [2.24, 2.45) is 5.92 Å². The fraction of sp³-hybridized carbons (Fsp3) is 0.368. The number of amides is 1. The Hall–Kier alpha value is -2.21. The minimum absolute atomic E-state index is 0.0374. The molecule has 0 radical (unpaired) electrons. The molecule has 2 aromatic rings. The maximum absolute atomic E-state index is 12.9. The number of carboxylic acids is 1. The van der Waals surface area contributed by atoms with Crippen molar-refractivity contribution in [3.05, 3.63) is 53.5 Å². The predicted molar refractivity (Wildman–Crippen MR) is 96.0 cm³/mol. The highest BCUT2D eigenvalue weighted by molar-refractivity contribution is 7.98. The molecule has 0 aliphatic heterocycles. The molecule has 1 saturated carbocycles. The lowest BCUT2D eigenvalue weighted by Gasteiger charge is -2.22. The minimum atomic E-state index is -1.00. The summed E-state index contributed by atoms with van der Waals surface area (Å²) >= 11 is 1.42. The zero-order valence-electron chi connectivity index (χ0n) is 14.1. The van der Waals surface area contributed by atoms with Crippen LogP contribution in [0.2, 0.25) is 0 Å². The fourth-order valence-corrected chi connectivity index (χ4v) is 3.69. The fourth-order valence-electron chi connectivity index (χ4n) is 2.69. The molecule has 1 aromatic heterocycles. The molecular formula is C19H21NO4S. The monoisotopic (exact) mass is 359 g/mol. The summed E-state index contributed by atoms with van der Waals surface area (Å²) in [6, 6.07) is 8.92. The third-order valence-corrected chi connectivity index (χ3v) is 5.37. The molecule has 5 nitrogen and oxygen atoms in total. The lowest BCUT2D eigenvalue weighted by molar-refractivity contribution is 0.0693. The van der Waals surface area contributed by atoms with Gasteiger partial charge in [-0.25, -0.2) is 4.79 Å². The third kappa shape index (κ3) is 4.25. The summed E-state index contributed by atoms with van der Waals surface area (Å²) in [6.07, 6.45) is 3.79. The van der Waals surface area contributed by atoms with Crippen LogP contribution < -0.4 is 0 Å². The van der Waals surface area contributed by atoms with E-state index in [9.17, 15) is 9.59 Å². The van der Waals surface area contributed by atoms with Gasteiger partial charge in [-0.05, 0) is 43.9 Å². The summed E-state index contributed by atoms with van der Waals surface area (Å²) in [5, 5.41) is 9.16. The van der Waals surface area contributed by atoms with Crippen molar-refractivity contribution >= 4 is 23.6 Å². The maximum atomic E-state index is 12.9. The van der Waals surface area contributed by atoms with E-state index in [-0.39, 0.29) is 11.5 Å². The van der Waals surface area contributed by atoms with Crippen LogP contribution in [-0.4, -0.2) is 35.0 Å². The van der Waals surface area contributed by atoms with E-state index >= 15 is 0 Å². The van der Waals surface area contributed by atoms with Gasteiger partial charge in [0.2, 0.25) is 0 Å². The maximum Gasteiger partial charge on any atom is 0.339 e. The molecule has 0 saturated heterocycles. The van der Waals surface area contributed by atoms with Crippen molar-refractivity contribution in [3.8, 4) is 0 Å². The molecule has 6 heteroatoms. The van der Waals surface area contributed by atoms with E-state index in [4.69, 9.17) is 9.52 Å². The van der Waals surface area contributed by atoms with Crippen LogP contribution in [0.1, 0.15) is 46.2 Å². The first-order valence-electron chi connectivity index (χ1n) is 8.41. The van der Waals surface area contributed by atoms with E-state index in [0.29, 0.717) is 29.5 Å². The van der Waals surface area contributed by atoms with Crippen molar-refractivity contribution in [3.63, 3.8) is 0 Å². The number of carboxylic acid groups (broad SMARTS) is 1. The highest BCUT2D eigenvalue weighted by Crippen LogP contribution is 2.32. The first kappa shape index (κ1) is 17.6. The number of thioether (sulfide) groups is 1. The highest BCUT2D eigenvalue weighted by Gasteiger charge is 2.27. The third-order valence-electron chi connectivity index (χ3n) is 4.30. The molecule has 3 rings (SSSR count). The van der Waals surface area contributed by atoms with Crippen LogP contribution in [0.3, 0.4) is 0 Å². The highest BCUT2D eigenvalue weighted by atomic mass is 32.2. The summed E-state index contributed by atoms with van der Waals surface area (Å²) < 4.78 is 5.28. The number of hydrogen-bond donors (Lipinski definition) is 1. The zero-order chi connectivity index (χ0) is 17.8. The molecule has 0 bridgehead atoms. The summed E-state index contributed by atoms with van der Waals surface area (Å²) in [5.41, 5.74) is 0.832. The van der Waals surface area contributed by atoms with E-state index in [1.807, 2.05) is 36.1 Å². The van der Waals surface area contributed by atoms with Crippen molar-refractivity contribution in [1.29, 1.82) is 0 Å². The van der Waals surface area contributed by atoms with Gasteiger partial charge < -0.3 is 14.4 Å². The number of benzene rings is 1. The van der Waals surface area contributed by atoms with Gasteiger partial charge in [-0.1, -0.05) is 12.1 Å². The summed E-state index contributed by atoms with van der Waals surface area (Å²) in [4.78, 5) is 26.8. The normalized spacial score (nSPS) is 13.6. The summed E-state index contributed by atoms with van der Waals surface area (Å²) in [6.45, 7) is 3.50. The lowest BCUT2D eigenvalue weighted by atomic mass is 10.2. The number of hydrogen-bond acceptors (Lipinski definition) is 4. The molecule has 25 heavy (non-hydrogen) atoms. The van der Waals surface area contributed by atoms with Crippen molar-refractivity contribution in [2.75, 3.05) is 13.1 Å². The number of furan rings is 1. The first-order chi connectivity index (χ1) is 12.1. The largest absolute Gasteiger partial charge is 0.478 e. The molecule has 1 N–H and O–H groups in total. The Labute approximate surface area is 151 Å². The number of nitrogens with zero attached hydrogens (tertiary/aromatic N) is 1. The van der Waals surface area contributed by atoms with Crippen LogP contribution in [0.25, 0.3) is 0 Å². The van der Waals surface area contributed by atoms with Gasteiger partial charge in [-0.15, -0.1) is 11.8 Å². The Kier molecular flexibility index (Phi) is 5.48. The van der Waals surface area contributed by atoms with Crippen molar-refractivity contribution in [1.82, 2.24) is 4.90 Å². The standard InChI is InChI=1S/C19H21NO4S/c1-2-20(11-13-7-8-13)18(21)15-5-3-4-6-17(15)25-12-16-14(19(22)23)9-10-24-16/h3-6,9-10,13H,2,7-8,11-12H2,1H3,(H,22,23). The SMILES string of the molecule is CCN(CC1CC1)C(=O)c1ccccc1SCc1occc1C(=O)O. The second-order valence-corrected chi connectivity index (χ2v) is 7.15. The van der Waals surface area contributed by atoms with E-state index < -0.39 is 5.97 Å². The summed E-state index contributed by atoms with van der Waals surface area (Å²) in [5.74, 6) is 0.453. The molecule has 132 valence electrons. The molecular weight excluding hydrogens is 338 g/mol. The van der Waals surface area contributed by atoms with Crippen LogP contribution in [0.4, 0.5) is 0 Å². The average Bonchev–Trinajstić information content (AvgIpc) is 3.31. The minimum Gasteiger partial charge on any atom is -0.478 e. The predicted octanol–water partition coefficient (Wildman–Crippen LogP) is 4.14. The Morgan fingerprint density at radius 1 is 1.24 bits per heavy atom.